The van der Waals surface area contributed by atoms with Gasteiger partial charge in [0, 0.05) is 19.2 Å². The standard InChI is InChI=1S/C17H27NO3/c1-5-20-16-10-13(6-7-15(16)19-4)12-18-14-8-9-21-17(2,3)11-14/h6-7,10,14,18H,5,8-9,11-12H2,1-4H3. The number of rotatable bonds is 6. The van der Waals surface area contributed by atoms with E-state index < -0.39 is 0 Å². The molecule has 1 saturated heterocycles. The minimum atomic E-state index is -0.0215. The van der Waals surface area contributed by atoms with Gasteiger partial charge in [-0.25, -0.2) is 0 Å². The number of hydrogen-bond acceptors (Lipinski definition) is 4. The molecule has 1 aromatic rings. The van der Waals surface area contributed by atoms with Crippen LogP contribution < -0.4 is 14.8 Å². The van der Waals surface area contributed by atoms with E-state index in [-0.39, 0.29) is 5.60 Å². The first-order chi connectivity index (χ1) is 10.0. The van der Waals surface area contributed by atoms with Crippen molar-refractivity contribution in [2.24, 2.45) is 0 Å². The van der Waals surface area contributed by atoms with E-state index in [0.717, 1.165) is 37.5 Å². The fourth-order valence-electron chi connectivity index (χ4n) is 2.77. The lowest BCUT2D eigenvalue weighted by Gasteiger charge is -2.36. The normalized spacial score (nSPS) is 21.0. The van der Waals surface area contributed by atoms with Crippen LogP contribution >= 0.6 is 0 Å². The number of methoxy groups -OCH3 is 1. The van der Waals surface area contributed by atoms with Crippen molar-refractivity contribution in [3.8, 4) is 11.5 Å². The first kappa shape index (κ1) is 16.1. The lowest BCUT2D eigenvalue weighted by Crippen LogP contribution is -2.43. The molecule has 4 nitrogen and oxygen atoms in total. The zero-order valence-corrected chi connectivity index (χ0v) is 13.6. The maximum absolute atomic E-state index is 5.75. The predicted molar refractivity (Wildman–Crippen MR) is 84.1 cm³/mol. The van der Waals surface area contributed by atoms with Crippen LogP contribution in [0.25, 0.3) is 0 Å². The Morgan fingerprint density at radius 2 is 2.14 bits per heavy atom. The van der Waals surface area contributed by atoms with Crippen LogP contribution in [0.4, 0.5) is 0 Å². The van der Waals surface area contributed by atoms with Crippen LogP contribution in [0.15, 0.2) is 18.2 Å². The Labute approximate surface area is 127 Å². The van der Waals surface area contributed by atoms with Gasteiger partial charge < -0.3 is 19.5 Å². The molecule has 1 unspecified atom stereocenters. The molecule has 0 aliphatic carbocycles. The summed E-state index contributed by atoms with van der Waals surface area (Å²) in [4.78, 5) is 0. The average Bonchev–Trinajstić information content (AvgIpc) is 2.45. The molecule has 0 amide bonds. The maximum Gasteiger partial charge on any atom is 0.161 e. The molecule has 1 aromatic carbocycles. The van der Waals surface area contributed by atoms with Crippen LogP contribution in [-0.4, -0.2) is 32.0 Å². The van der Waals surface area contributed by atoms with Crippen molar-refractivity contribution >= 4 is 0 Å². The lowest BCUT2D eigenvalue weighted by molar-refractivity contribution is -0.0630. The van der Waals surface area contributed by atoms with Gasteiger partial charge in [0.15, 0.2) is 11.5 Å². The molecule has 1 atom stereocenters. The van der Waals surface area contributed by atoms with Crippen molar-refractivity contribution in [3.63, 3.8) is 0 Å². The highest BCUT2D eigenvalue weighted by molar-refractivity contribution is 5.42. The summed E-state index contributed by atoms with van der Waals surface area (Å²) in [5.74, 6) is 1.60. The van der Waals surface area contributed by atoms with Gasteiger partial charge in [0.25, 0.3) is 0 Å². The second kappa shape index (κ2) is 7.14. The van der Waals surface area contributed by atoms with E-state index in [9.17, 15) is 0 Å². The van der Waals surface area contributed by atoms with E-state index in [0.29, 0.717) is 12.6 Å². The summed E-state index contributed by atoms with van der Waals surface area (Å²) >= 11 is 0. The summed E-state index contributed by atoms with van der Waals surface area (Å²) in [6, 6.07) is 6.61. The topological polar surface area (TPSA) is 39.7 Å². The van der Waals surface area contributed by atoms with Gasteiger partial charge in [-0.1, -0.05) is 6.07 Å². The van der Waals surface area contributed by atoms with Gasteiger partial charge in [-0.15, -0.1) is 0 Å². The van der Waals surface area contributed by atoms with Gasteiger partial charge in [0.2, 0.25) is 0 Å². The van der Waals surface area contributed by atoms with Crippen molar-refractivity contribution in [3.05, 3.63) is 23.8 Å². The Morgan fingerprint density at radius 1 is 1.33 bits per heavy atom. The first-order valence-corrected chi connectivity index (χ1v) is 7.71. The SMILES string of the molecule is CCOc1cc(CNC2CCOC(C)(C)C2)ccc1OC. The van der Waals surface area contributed by atoms with Crippen LogP contribution in [0, 0.1) is 0 Å². The van der Waals surface area contributed by atoms with Crippen molar-refractivity contribution < 1.29 is 14.2 Å². The van der Waals surface area contributed by atoms with Gasteiger partial charge in [-0.3, -0.25) is 0 Å². The summed E-state index contributed by atoms with van der Waals surface area (Å²) in [7, 11) is 1.67. The third-order valence-corrected chi connectivity index (χ3v) is 3.82. The second-order valence-corrected chi connectivity index (χ2v) is 6.10. The molecular weight excluding hydrogens is 266 g/mol. The second-order valence-electron chi connectivity index (χ2n) is 6.10. The molecule has 1 fully saturated rings. The zero-order valence-electron chi connectivity index (χ0n) is 13.6. The third-order valence-electron chi connectivity index (χ3n) is 3.82. The van der Waals surface area contributed by atoms with Crippen LogP contribution in [-0.2, 0) is 11.3 Å². The highest BCUT2D eigenvalue weighted by Crippen LogP contribution is 2.28. The van der Waals surface area contributed by atoms with Gasteiger partial charge in [0.05, 0.1) is 19.3 Å². The number of ether oxygens (including phenoxy) is 3. The van der Waals surface area contributed by atoms with Gasteiger partial charge >= 0.3 is 0 Å². The van der Waals surface area contributed by atoms with Crippen LogP contribution in [0.1, 0.15) is 39.2 Å². The fourth-order valence-corrected chi connectivity index (χ4v) is 2.77. The minimum absolute atomic E-state index is 0.0215. The summed E-state index contributed by atoms with van der Waals surface area (Å²) in [5, 5.41) is 3.62. The highest BCUT2D eigenvalue weighted by atomic mass is 16.5. The van der Waals surface area contributed by atoms with Gasteiger partial charge in [-0.2, -0.15) is 0 Å². The van der Waals surface area contributed by atoms with E-state index in [4.69, 9.17) is 14.2 Å². The van der Waals surface area contributed by atoms with E-state index in [2.05, 4.69) is 31.3 Å². The molecule has 0 bridgehead atoms. The molecule has 4 heteroatoms. The average molecular weight is 293 g/mol. The smallest absolute Gasteiger partial charge is 0.161 e. The van der Waals surface area contributed by atoms with E-state index in [1.54, 1.807) is 7.11 Å². The molecule has 1 aliphatic heterocycles. The van der Waals surface area contributed by atoms with Crippen LogP contribution in [0.3, 0.4) is 0 Å². The van der Waals surface area contributed by atoms with Crippen molar-refractivity contribution in [1.29, 1.82) is 0 Å². The number of nitrogens with one attached hydrogen (secondary N) is 1. The quantitative estimate of drug-likeness (QED) is 0.874. The molecule has 1 heterocycles. The maximum atomic E-state index is 5.75. The Bertz CT molecular complexity index is 459. The highest BCUT2D eigenvalue weighted by Gasteiger charge is 2.28. The Hall–Kier alpha value is -1.26. The molecule has 118 valence electrons. The summed E-state index contributed by atoms with van der Waals surface area (Å²) in [6.45, 7) is 8.60. The molecule has 1 aliphatic rings. The Kier molecular flexibility index (Phi) is 5.48. The molecule has 0 aromatic heterocycles. The van der Waals surface area contributed by atoms with Crippen LogP contribution in [0.2, 0.25) is 0 Å². The molecule has 0 spiro atoms. The minimum Gasteiger partial charge on any atom is -0.493 e. The van der Waals surface area contributed by atoms with Gasteiger partial charge in [-0.05, 0) is 51.3 Å². The molecule has 2 rings (SSSR count). The fraction of sp³-hybridized carbons (Fsp3) is 0.647. The first-order valence-electron chi connectivity index (χ1n) is 7.71. The third kappa shape index (κ3) is 4.61. The summed E-state index contributed by atoms with van der Waals surface area (Å²) in [5.41, 5.74) is 1.19. The van der Waals surface area contributed by atoms with Gasteiger partial charge in [0.1, 0.15) is 0 Å². The molecule has 0 radical (unpaired) electrons. The predicted octanol–water partition coefficient (Wildman–Crippen LogP) is 3.14. The van der Waals surface area contributed by atoms with Crippen LogP contribution in [0.5, 0.6) is 11.5 Å². The molecule has 1 N–H and O–H groups in total. The largest absolute Gasteiger partial charge is 0.493 e. The van der Waals surface area contributed by atoms with E-state index >= 15 is 0 Å². The van der Waals surface area contributed by atoms with Crippen molar-refractivity contribution in [2.45, 2.75) is 51.8 Å². The van der Waals surface area contributed by atoms with E-state index in [1.165, 1.54) is 5.56 Å². The number of benzene rings is 1. The Morgan fingerprint density at radius 3 is 2.81 bits per heavy atom. The Balaban J connectivity index is 1.95. The van der Waals surface area contributed by atoms with Crippen molar-refractivity contribution in [2.75, 3.05) is 20.3 Å². The molecule has 21 heavy (non-hydrogen) atoms. The zero-order chi connectivity index (χ0) is 15.3. The van der Waals surface area contributed by atoms with E-state index in [1.807, 2.05) is 13.0 Å². The lowest BCUT2D eigenvalue weighted by atomic mass is 9.94. The number of hydrogen-bond donors (Lipinski definition) is 1. The summed E-state index contributed by atoms with van der Waals surface area (Å²) < 4.78 is 16.7. The molecular formula is C17H27NO3. The molecule has 0 saturated carbocycles. The monoisotopic (exact) mass is 293 g/mol. The van der Waals surface area contributed by atoms with Crippen molar-refractivity contribution in [1.82, 2.24) is 5.32 Å². The summed E-state index contributed by atoms with van der Waals surface area (Å²) in [6.07, 6.45) is 2.11.